The van der Waals surface area contributed by atoms with Crippen LogP contribution in [0, 0.1) is 5.41 Å². The van der Waals surface area contributed by atoms with Gasteiger partial charge in [0.15, 0.2) is 0 Å². The number of hydrogen-bond acceptors (Lipinski definition) is 3. The van der Waals surface area contributed by atoms with Crippen LogP contribution in [0.5, 0.6) is 0 Å². The zero-order chi connectivity index (χ0) is 22.3. The molecule has 0 unspecified atom stereocenters. The summed E-state index contributed by atoms with van der Waals surface area (Å²) in [5.41, 5.74) is 1.37. The lowest BCUT2D eigenvalue weighted by molar-refractivity contribution is -0.139. The smallest absolute Gasteiger partial charge is 0.371 e. The van der Waals surface area contributed by atoms with Gasteiger partial charge in [-0.1, -0.05) is 31.2 Å². The van der Waals surface area contributed by atoms with Gasteiger partial charge in [0.05, 0.1) is 10.5 Å². The van der Waals surface area contributed by atoms with Gasteiger partial charge in [0, 0.05) is 31.9 Å². The molecule has 0 saturated carbocycles. The topological polar surface area (TPSA) is 40.6 Å². The number of sulfonamides is 1. The molecule has 0 radical (unpaired) electrons. The second-order valence-electron chi connectivity index (χ2n) is 8.59. The van der Waals surface area contributed by atoms with Crippen molar-refractivity contribution in [1.82, 2.24) is 4.31 Å². The molecular weight excluding hydrogens is 425 g/mol. The number of nitrogens with zero attached hydrogens (tertiary/aromatic N) is 2. The highest BCUT2D eigenvalue weighted by Gasteiger charge is 2.45. The summed E-state index contributed by atoms with van der Waals surface area (Å²) >= 11 is 0. The summed E-state index contributed by atoms with van der Waals surface area (Å²) in [4.78, 5) is 1.69. The third-order valence-corrected chi connectivity index (χ3v) is 8.70. The van der Waals surface area contributed by atoms with Crippen molar-refractivity contribution in [1.29, 1.82) is 0 Å². The van der Waals surface area contributed by atoms with E-state index in [4.69, 9.17) is 0 Å². The van der Waals surface area contributed by atoms with E-state index >= 15 is 0 Å². The van der Waals surface area contributed by atoms with Gasteiger partial charge >= 0.3 is 6.18 Å². The van der Waals surface area contributed by atoms with Gasteiger partial charge in [-0.2, -0.15) is 17.5 Å². The van der Waals surface area contributed by atoms with Crippen LogP contribution < -0.4 is 4.90 Å². The fourth-order valence-electron chi connectivity index (χ4n) is 4.77. The Morgan fingerprint density at radius 2 is 1.55 bits per heavy atom. The summed E-state index contributed by atoms with van der Waals surface area (Å²) in [6.07, 6.45) is -1.44. The third kappa shape index (κ3) is 4.32. The van der Waals surface area contributed by atoms with E-state index in [1.807, 2.05) is 0 Å². The fourth-order valence-corrected chi connectivity index (χ4v) is 6.43. The van der Waals surface area contributed by atoms with Crippen molar-refractivity contribution in [3.63, 3.8) is 0 Å². The second kappa shape index (κ2) is 8.13. The van der Waals surface area contributed by atoms with Crippen LogP contribution in [-0.4, -0.2) is 38.9 Å². The first-order valence-electron chi connectivity index (χ1n) is 10.6. The molecule has 0 amide bonds. The number of aryl methyl sites for hydroxylation is 1. The lowest BCUT2D eigenvalue weighted by Gasteiger charge is -2.39. The molecule has 4 rings (SSSR count). The Labute approximate surface area is 181 Å². The fraction of sp³-hybridized carbons (Fsp3) is 0.478. The summed E-state index contributed by atoms with van der Waals surface area (Å²) in [6, 6.07) is 13.0. The Hall–Kier alpha value is -2.06. The van der Waals surface area contributed by atoms with Gasteiger partial charge in [-0.25, -0.2) is 8.42 Å². The molecular formula is C23H27F3N2O2S. The van der Waals surface area contributed by atoms with Crippen molar-refractivity contribution >= 4 is 15.7 Å². The number of rotatable bonds is 4. The first-order chi connectivity index (χ1) is 14.6. The summed E-state index contributed by atoms with van der Waals surface area (Å²) < 4.78 is 67.3. The monoisotopic (exact) mass is 452 g/mol. The van der Waals surface area contributed by atoms with E-state index in [1.54, 1.807) is 0 Å². The van der Waals surface area contributed by atoms with Crippen molar-refractivity contribution in [2.45, 2.75) is 43.7 Å². The highest BCUT2D eigenvalue weighted by molar-refractivity contribution is 7.89. The maximum absolute atomic E-state index is 13.3. The zero-order valence-electron chi connectivity index (χ0n) is 17.5. The summed E-state index contributed by atoms with van der Waals surface area (Å²) in [5, 5.41) is 0. The molecule has 0 bridgehead atoms. The average molecular weight is 453 g/mol. The molecule has 2 saturated heterocycles. The van der Waals surface area contributed by atoms with Gasteiger partial charge in [-0.3, -0.25) is 0 Å². The van der Waals surface area contributed by atoms with Crippen LogP contribution in [-0.2, 0) is 22.6 Å². The minimum Gasteiger partial charge on any atom is -0.371 e. The molecule has 0 aromatic heterocycles. The molecule has 0 N–H and O–H groups in total. The Balaban J connectivity index is 1.46. The average Bonchev–Trinajstić information content (AvgIpc) is 3.17. The van der Waals surface area contributed by atoms with Gasteiger partial charge in [0.25, 0.3) is 0 Å². The van der Waals surface area contributed by atoms with Gasteiger partial charge in [0.1, 0.15) is 0 Å². The molecule has 2 heterocycles. The van der Waals surface area contributed by atoms with Crippen LogP contribution in [0.4, 0.5) is 18.9 Å². The maximum atomic E-state index is 13.3. The normalized spacial score (nSPS) is 19.8. The number of anilines is 1. The molecule has 0 aliphatic carbocycles. The zero-order valence-corrected chi connectivity index (χ0v) is 18.3. The number of hydrogen-bond donors (Lipinski definition) is 0. The van der Waals surface area contributed by atoms with Crippen molar-refractivity contribution < 1.29 is 21.6 Å². The van der Waals surface area contributed by atoms with Gasteiger partial charge in [-0.05, 0) is 60.9 Å². The third-order valence-electron chi connectivity index (χ3n) is 6.74. The second-order valence-corrected chi connectivity index (χ2v) is 10.5. The highest BCUT2D eigenvalue weighted by Crippen LogP contribution is 2.43. The van der Waals surface area contributed by atoms with Crippen LogP contribution in [0.15, 0.2) is 53.4 Å². The molecule has 2 aliphatic heterocycles. The molecule has 2 aliphatic rings. The SMILES string of the molecule is CCc1ccc(N2CCC3(CCN(S(=O)(=O)c4ccccc4C(F)(F)F)CC3)C2)cc1. The summed E-state index contributed by atoms with van der Waals surface area (Å²) in [6.45, 7) is 4.38. The van der Waals surface area contributed by atoms with E-state index in [-0.39, 0.29) is 18.5 Å². The molecule has 2 aromatic carbocycles. The molecule has 31 heavy (non-hydrogen) atoms. The molecule has 2 fully saturated rings. The van der Waals surface area contributed by atoms with Crippen LogP contribution in [0.2, 0.25) is 0 Å². The predicted octanol–water partition coefficient (Wildman–Crippen LogP) is 4.95. The van der Waals surface area contributed by atoms with E-state index in [2.05, 4.69) is 36.1 Å². The first-order valence-corrected chi connectivity index (χ1v) is 12.1. The van der Waals surface area contributed by atoms with Crippen LogP contribution in [0.3, 0.4) is 0 Å². The largest absolute Gasteiger partial charge is 0.417 e. The molecule has 0 atom stereocenters. The minimum atomic E-state index is -4.71. The van der Waals surface area contributed by atoms with Crippen LogP contribution in [0.25, 0.3) is 0 Å². The standard InChI is InChI=1S/C23H27F3N2O2S/c1-2-18-7-9-19(10-8-18)27-14-11-22(17-27)12-15-28(16-13-22)31(29,30)21-6-4-3-5-20(21)23(24,25)26/h3-10H,2,11-17H2,1H3. The van der Waals surface area contributed by atoms with Gasteiger partial charge in [0.2, 0.25) is 10.0 Å². The summed E-state index contributed by atoms with van der Waals surface area (Å²) in [5.74, 6) is 0. The Kier molecular flexibility index (Phi) is 5.81. The Morgan fingerprint density at radius 3 is 2.16 bits per heavy atom. The quantitative estimate of drug-likeness (QED) is 0.659. The lowest BCUT2D eigenvalue weighted by atomic mass is 9.78. The minimum absolute atomic E-state index is 0.0129. The molecule has 168 valence electrons. The molecule has 2 aromatic rings. The van der Waals surface area contributed by atoms with E-state index < -0.39 is 26.7 Å². The summed E-state index contributed by atoms with van der Waals surface area (Å²) in [7, 11) is -4.20. The van der Waals surface area contributed by atoms with Crippen molar-refractivity contribution in [2.75, 3.05) is 31.1 Å². The molecule has 1 spiro atoms. The van der Waals surface area contributed by atoms with Gasteiger partial charge < -0.3 is 4.90 Å². The Morgan fingerprint density at radius 1 is 0.935 bits per heavy atom. The van der Waals surface area contributed by atoms with E-state index in [0.717, 1.165) is 38.1 Å². The van der Waals surface area contributed by atoms with E-state index in [0.29, 0.717) is 12.8 Å². The number of piperidine rings is 1. The maximum Gasteiger partial charge on any atom is 0.417 e. The van der Waals surface area contributed by atoms with E-state index in [1.165, 1.54) is 27.7 Å². The van der Waals surface area contributed by atoms with Crippen LogP contribution >= 0.6 is 0 Å². The lowest BCUT2D eigenvalue weighted by Crippen LogP contribution is -2.44. The van der Waals surface area contributed by atoms with Crippen molar-refractivity contribution in [2.24, 2.45) is 5.41 Å². The Bertz CT molecular complexity index is 1030. The molecule has 8 heteroatoms. The first kappa shape index (κ1) is 22.1. The number of alkyl halides is 3. The number of benzene rings is 2. The van der Waals surface area contributed by atoms with Crippen LogP contribution in [0.1, 0.15) is 37.3 Å². The highest BCUT2D eigenvalue weighted by atomic mass is 32.2. The molecule has 4 nitrogen and oxygen atoms in total. The predicted molar refractivity (Wildman–Crippen MR) is 115 cm³/mol. The number of halogens is 3. The van der Waals surface area contributed by atoms with Crippen molar-refractivity contribution in [3.8, 4) is 0 Å². The van der Waals surface area contributed by atoms with Crippen molar-refractivity contribution in [3.05, 3.63) is 59.7 Å². The van der Waals surface area contributed by atoms with Gasteiger partial charge in [-0.15, -0.1) is 0 Å². The van der Waals surface area contributed by atoms with E-state index in [9.17, 15) is 21.6 Å².